The van der Waals surface area contributed by atoms with Gasteiger partial charge in [0.2, 0.25) is 17.7 Å². The number of nitrogens with zero attached hydrogens (tertiary/aromatic N) is 3. The zero-order valence-corrected chi connectivity index (χ0v) is 15.8. The largest absolute Gasteiger partial charge is 0.334 e. The maximum Gasteiger partial charge on any atom is 0.248 e. The Bertz CT molecular complexity index is 884. The Morgan fingerprint density at radius 1 is 0.786 bits per heavy atom. The Morgan fingerprint density at radius 3 is 1.89 bits per heavy atom. The fourth-order valence-electron chi connectivity index (χ4n) is 4.04. The molecule has 0 aliphatic carbocycles. The average Bonchev–Trinajstić information content (AvgIpc) is 2.71. The van der Waals surface area contributed by atoms with Crippen LogP contribution in [0.1, 0.15) is 18.1 Å². The minimum atomic E-state index is -0.627. The fraction of sp³-hybridized carbons (Fsp3) is 0.318. The summed E-state index contributed by atoms with van der Waals surface area (Å²) in [7, 11) is 0. The molecule has 6 heteroatoms. The number of benzene rings is 2. The van der Waals surface area contributed by atoms with E-state index in [9.17, 15) is 14.4 Å². The molecular weight excluding hydrogens is 354 g/mol. The lowest BCUT2D eigenvalue weighted by Gasteiger charge is -2.48. The molecule has 144 valence electrons. The Morgan fingerprint density at radius 2 is 1.32 bits per heavy atom. The van der Waals surface area contributed by atoms with Gasteiger partial charge in [-0.15, -0.1) is 0 Å². The van der Waals surface area contributed by atoms with E-state index in [0.717, 1.165) is 11.1 Å². The lowest BCUT2D eigenvalue weighted by atomic mass is 10.00. The number of hydrogen-bond acceptors (Lipinski definition) is 3. The van der Waals surface area contributed by atoms with Gasteiger partial charge >= 0.3 is 0 Å². The first kappa shape index (κ1) is 18.2. The highest BCUT2D eigenvalue weighted by atomic mass is 16.2. The SMILES string of the molecule is C[C@H]1C(=O)N(Cc2ccccc2)CC2C(=O)N(Cc3ccccc3)CC(=O)N21. The molecule has 0 N–H and O–H groups in total. The van der Waals surface area contributed by atoms with Crippen LogP contribution in [0.15, 0.2) is 60.7 Å². The third-order valence-corrected chi connectivity index (χ3v) is 5.46. The highest BCUT2D eigenvalue weighted by Crippen LogP contribution is 2.25. The molecule has 0 spiro atoms. The molecule has 2 aromatic rings. The molecule has 3 amide bonds. The summed E-state index contributed by atoms with van der Waals surface area (Å²) >= 11 is 0. The topological polar surface area (TPSA) is 60.9 Å². The van der Waals surface area contributed by atoms with Crippen LogP contribution < -0.4 is 0 Å². The van der Waals surface area contributed by atoms with Crippen molar-refractivity contribution in [3.05, 3.63) is 71.8 Å². The minimum absolute atomic E-state index is 0.0144. The van der Waals surface area contributed by atoms with Crippen molar-refractivity contribution in [2.75, 3.05) is 13.1 Å². The molecule has 2 heterocycles. The van der Waals surface area contributed by atoms with E-state index < -0.39 is 12.1 Å². The van der Waals surface area contributed by atoms with Crippen molar-refractivity contribution in [2.24, 2.45) is 0 Å². The Balaban J connectivity index is 1.55. The van der Waals surface area contributed by atoms with Crippen molar-refractivity contribution < 1.29 is 14.4 Å². The number of carbonyl (C=O) groups excluding carboxylic acids is 3. The third kappa shape index (κ3) is 3.38. The number of amides is 3. The van der Waals surface area contributed by atoms with Crippen molar-refractivity contribution in [1.29, 1.82) is 0 Å². The summed E-state index contributed by atoms with van der Waals surface area (Å²) in [5.74, 6) is -0.376. The number of carbonyl (C=O) groups is 3. The van der Waals surface area contributed by atoms with Crippen LogP contribution in [0.3, 0.4) is 0 Å². The minimum Gasteiger partial charge on any atom is -0.334 e. The smallest absolute Gasteiger partial charge is 0.248 e. The van der Waals surface area contributed by atoms with E-state index in [-0.39, 0.29) is 30.8 Å². The summed E-state index contributed by atoms with van der Waals surface area (Å²) in [5, 5.41) is 0. The normalized spacial score (nSPS) is 22.5. The molecule has 1 unspecified atom stereocenters. The standard InChI is InChI=1S/C22H23N3O3/c1-16-21(27)23(12-17-8-4-2-5-9-17)14-19-22(28)24(15-20(26)25(16)19)13-18-10-6-3-7-11-18/h2-11,16,19H,12-15H2,1H3/t16-,19?/m0/s1. The maximum atomic E-state index is 13.2. The average molecular weight is 377 g/mol. The van der Waals surface area contributed by atoms with Gasteiger partial charge in [-0.1, -0.05) is 60.7 Å². The summed E-state index contributed by atoms with van der Waals surface area (Å²) in [6.45, 7) is 2.80. The van der Waals surface area contributed by atoms with Gasteiger partial charge in [0.05, 0.1) is 6.54 Å². The second kappa shape index (κ2) is 7.46. The second-order valence-corrected chi connectivity index (χ2v) is 7.38. The first-order chi connectivity index (χ1) is 13.5. The Kier molecular flexibility index (Phi) is 4.86. The quantitative estimate of drug-likeness (QED) is 0.814. The van der Waals surface area contributed by atoms with Crippen LogP contribution in [0, 0.1) is 0 Å². The van der Waals surface area contributed by atoms with Gasteiger partial charge in [0.25, 0.3) is 0 Å². The molecule has 2 saturated heterocycles. The molecule has 2 atom stereocenters. The summed E-state index contributed by atoms with van der Waals surface area (Å²) < 4.78 is 0. The van der Waals surface area contributed by atoms with Crippen LogP contribution in [0.25, 0.3) is 0 Å². The van der Waals surface area contributed by atoms with Gasteiger partial charge in [-0.25, -0.2) is 0 Å². The van der Waals surface area contributed by atoms with Crippen LogP contribution >= 0.6 is 0 Å². The highest BCUT2D eigenvalue weighted by molar-refractivity contribution is 5.99. The number of rotatable bonds is 4. The van der Waals surface area contributed by atoms with Gasteiger partial charge in [0.1, 0.15) is 18.6 Å². The third-order valence-electron chi connectivity index (χ3n) is 5.46. The van der Waals surface area contributed by atoms with E-state index in [1.165, 1.54) is 4.90 Å². The summed E-state index contributed by atoms with van der Waals surface area (Å²) in [4.78, 5) is 43.5. The van der Waals surface area contributed by atoms with Crippen LogP contribution in [-0.2, 0) is 27.5 Å². The molecule has 28 heavy (non-hydrogen) atoms. The van der Waals surface area contributed by atoms with E-state index in [1.54, 1.807) is 16.7 Å². The number of piperazine rings is 2. The zero-order chi connectivity index (χ0) is 19.7. The summed E-state index contributed by atoms with van der Waals surface area (Å²) in [6.07, 6.45) is 0. The maximum absolute atomic E-state index is 13.2. The van der Waals surface area contributed by atoms with E-state index in [2.05, 4.69) is 0 Å². The van der Waals surface area contributed by atoms with E-state index in [4.69, 9.17) is 0 Å². The summed E-state index contributed by atoms with van der Waals surface area (Å²) in [5.41, 5.74) is 1.99. The Hall–Kier alpha value is -3.15. The van der Waals surface area contributed by atoms with Gasteiger partial charge in [-0.2, -0.15) is 0 Å². The van der Waals surface area contributed by atoms with Gasteiger partial charge in [-0.05, 0) is 18.1 Å². The van der Waals surface area contributed by atoms with Crippen LogP contribution in [-0.4, -0.2) is 57.6 Å². The van der Waals surface area contributed by atoms with Gasteiger partial charge in [-0.3, -0.25) is 14.4 Å². The van der Waals surface area contributed by atoms with Crippen molar-refractivity contribution in [3.8, 4) is 0 Å². The molecular formula is C22H23N3O3. The fourth-order valence-corrected chi connectivity index (χ4v) is 4.04. The van der Waals surface area contributed by atoms with Crippen molar-refractivity contribution >= 4 is 17.7 Å². The number of fused-ring (bicyclic) bond motifs is 1. The predicted octanol–water partition coefficient (Wildman–Crippen LogP) is 1.66. The monoisotopic (exact) mass is 377 g/mol. The van der Waals surface area contributed by atoms with Gasteiger partial charge < -0.3 is 14.7 Å². The van der Waals surface area contributed by atoms with Gasteiger partial charge in [0.15, 0.2) is 0 Å². The second-order valence-electron chi connectivity index (χ2n) is 7.38. The lowest BCUT2D eigenvalue weighted by Crippen LogP contribution is -2.70. The molecule has 0 bridgehead atoms. The molecule has 0 radical (unpaired) electrons. The van der Waals surface area contributed by atoms with Crippen LogP contribution in [0.2, 0.25) is 0 Å². The molecule has 2 aromatic carbocycles. The number of hydrogen-bond donors (Lipinski definition) is 0. The predicted molar refractivity (Wildman–Crippen MR) is 104 cm³/mol. The van der Waals surface area contributed by atoms with Crippen molar-refractivity contribution in [1.82, 2.24) is 14.7 Å². The Labute approximate surface area is 164 Å². The highest BCUT2D eigenvalue weighted by Gasteiger charge is 2.48. The summed E-state index contributed by atoms with van der Waals surface area (Å²) in [6, 6.07) is 18.1. The molecule has 2 fully saturated rings. The van der Waals surface area contributed by atoms with E-state index in [0.29, 0.717) is 13.1 Å². The first-order valence-corrected chi connectivity index (χ1v) is 9.51. The molecule has 0 aromatic heterocycles. The van der Waals surface area contributed by atoms with E-state index in [1.807, 2.05) is 60.7 Å². The van der Waals surface area contributed by atoms with Gasteiger partial charge in [0, 0.05) is 13.1 Å². The molecule has 6 nitrogen and oxygen atoms in total. The molecule has 0 saturated carbocycles. The van der Waals surface area contributed by atoms with Crippen molar-refractivity contribution in [2.45, 2.75) is 32.1 Å². The molecule has 2 aliphatic rings. The molecule has 2 aliphatic heterocycles. The molecule has 4 rings (SSSR count). The van der Waals surface area contributed by atoms with Crippen LogP contribution in [0.4, 0.5) is 0 Å². The first-order valence-electron chi connectivity index (χ1n) is 9.51. The van der Waals surface area contributed by atoms with E-state index >= 15 is 0 Å². The van der Waals surface area contributed by atoms with Crippen molar-refractivity contribution in [3.63, 3.8) is 0 Å². The van der Waals surface area contributed by atoms with Crippen LogP contribution in [0.5, 0.6) is 0 Å². The lowest BCUT2D eigenvalue weighted by molar-refractivity contribution is -0.170. The zero-order valence-electron chi connectivity index (χ0n) is 15.8.